The molecule has 0 saturated heterocycles. The Hall–Kier alpha value is -1.52. The predicted octanol–water partition coefficient (Wildman–Crippen LogP) is 3.56. The Morgan fingerprint density at radius 1 is 0.750 bits per heavy atom. The lowest BCUT2D eigenvalue weighted by molar-refractivity contribution is -0.376. The van der Waals surface area contributed by atoms with E-state index in [0.29, 0.717) is 0 Å². The average Bonchev–Trinajstić information content (AvgIpc) is 2.27. The smallest absolute Gasteiger partial charge is 0.333 e. The lowest BCUT2D eigenvalue weighted by atomic mass is 9.92. The van der Waals surface area contributed by atoms with Gasteiger partial charge in [0.25, 0.3) is 0 Å². The number of rotatable bonds is 2. The highest BCUT2D eigenvalue weighted by Crippen LogP contribution is 2.52. The SMILES string of the molecule is OC(F)(F)C(F)(c1cc(F)c(F)c(F)c1F)C(F)(F)F. The van der Waals surface area contributed by atoms with E-state index in [-0.39, 0.29) is 0 Å². The average molecular weight is 316 g/mol. The van der Waals surface area contributed by atoms with E-state index in [2.05, 4.69) is 0 Å². The van der Waals surface area contributed by atoms with Crippen LogP contribution >= 0.6 is 0 Å². The molecular weight excluding hydrogens is 314 g/mol. The van der Waals surface area contributed by atoms with Gasteiger partial charge in [0.2, 0.25) is 0 Å². The number of hydrogen-bond acceptors (Lipinski definition) is 1. The fraction of sp³-hybridized carbons (Fsp3) is 0.333. The van der Waals surface area contributed by atoms with Crippen molar-refractivity contribution in [3.8, 4) is 0 Å². The molecule has 0 saturated carbocycles. The van der Waals surface area contributed by atoms with E-state index in [1.54, 1.807) is 0 Å². The van der Waals surface area contributed by atoms with Crippen LogP contribution in [-0.2, 0) is 5.67 Å². The quantitative estimate of drug-likeness (QED) is 0.502. The Balaban J connectivity index is 3.79. The molecule has 1 atom stereocenters. The zero-order chi connectivity index (χ0) is 16.1. The van der Waals surface area contributed by atoms with E-state index in [9.17, 15) is 43.9 Å². The first kappa shape index (κ1) is 16.5. The summed E-state index contributed by atoms with van der Waals surface area (Å²) < 4.78 is 126. The summed E-state index contributed by atoms with van der Waals surface area (Å²) in [5, 5.41) is 7.97. The van der Waals surface area contributed by atoms with Crippen LogP contribution in [0.15, 0.2) is 6.07 Å². The molecule has 114 valence electrons. The van der Waals surface area contributed by atoms with Crippen molar-refractivity contribution in [2.24, 2.45) is 0 Å². The monoisotopic (exact) mass is 316 g/mol. The van der Waals surface area contributed by atoms with Gasteiger partial charge < -0.3 is 5.11 Å². The van der Waals surface area contributed by atoms with Crippen molar-refractivity contribution in [2.45, 2.75) is 18.0 Å². The Morgan fingerprint density at radius 3 is 1.55 bits per heavy atom. The van der Waals surface area contributed by atoms with Gasteiger partial charge in [-0.1, -0.05) is 0 Å². The normalized spacial score (nSPS) is 16.1. The molecule has 11 heteroatoms. The summed E-state index contributed by atoms with van der Waals surface area (Å²) in [6.45, 7) is 0. The van der Waals surface area contributed by atoms with Crippen LogP contribution in [0.3, 0.4) is 0 Å². The summed E-state index contributed by atoms with van der Waals surface area (Å²) in [5.41, 5.74) is -9.09. The Labute approximate surface area is 103 Å². The second kappa shape index (κ2) is 4.50. The molecule has 0 aliphatic heterocycles. The maximum absolute atomic E-state index is 13.5. The number of alkyl halides is 6. The number of halogens is 10. The van der Waals surface area contributed by atoms with Crippen LogP contribution in [0.25, 0.3) is 0 Å². The van der Waals surface area contributed by atoms with Gasteiger partial charge in [-0.3, -0.25) is 0 Å². The van der Waals surface area contributed by atoms with Gasteiger partial charge in [-0.25, -0.2) is 22.0 Å². The summed E-state index contributed by atoms with van der Waals surface area (Å²) in [6.07, 6.45) is -12.9. The molecule has 1 unspecified atom stereocenters. The number of hydrogen-bond donors (Lipinski definition) is 1. The molecule has 0 heterocycles. The molecule has 1 aromatic rings. The molecule has 0 aliphatic rings. The van der Waals surface area contributed by atoms with Gasteiger partial charge in [-0.2, -0.15) is 22.0 Å². The molecule has 0 radical (unpaired) electrons. The molecule has 0 amide bonds. The van der Waals surface area contributed by atoms with Crippen LogP contribution in [0.5, 0.6) is 0 Å². The summed E-state index contributed by atoms with van der Waals surface area (Å²) in [7, 11) is 0. The molecule has 1 aromatic carbocycles. The first-order valence-corrected chi connectivity index (χ1v) is 4.44. The fourth-order valence-corrected chi connectivity index (χ4v) is 1.31. The Bertz CT molecular complexity index is 515. The lowest BCUT2D eigenvalue weighted by Gasteiger charge is -2.31. The number of aliphatic hydroxyl groups is 1. The predicted molar refractivity (Wildman–Crippen MR) is 42.3 cm³/mol. The highest BCUT2D eigenvalue weighted by molar-refractivity contribution is 5.30. The van der Waals surface area contributed by atoms with Crippen LogP contribution in [0.1, 0.15) is 5.56 Å². The van der Waals surface area contributed by atoms with Crippen LogP contribution in [-0.4, -0.2) is 17.4 Å². The van der Waals surface area contributed by atoms with E-state index in [4.69, 9.17) is 5.11 Å². The van der Waals surface area contributed by atoms with Crippen molar-refractivity contribution in [3.05, 3.63) is 34.9 Å². The lowest BCUT2D eigenvalue weighted by Crippen LogP contribution is -2.53. The van der Waals surface area contributed by atoms with Crippen molar-refractivity contribution in [3.63, 3.8) is 0 Å². The van der Waals surface area contributed by atoms with Crippen molar-refractivity contribution in [1.82, 2.24) is 0 Å². The summed E-state index contributed by atoms with van der Waals surface area (Å²) >= 11 is 0. The van der Waals surface area contributed by atoms with E-state index in [1.165, 1.54) is 0 Å². The van der Waals surface area contributed by atoms with Gasteiger partial charge in [-0.05, 0) is 6.07 Å². The maximum atomic E-state index is 13.5. The third-order valence-electron chi connectivity index (χ3n) is 2.28. The molecular formula is C9H2F10O. The van der Waals surface area contributed by atoms with Crippen molar-refractivity contribution >= 4 is 0 Å². The minimum absolute atomic E-state index is 0.953. The molecule has 20 heavy (non-hydrogen) atoms. The summed E-state index contributed by atoms with van der Waals surface area (Å²) in [6, 6.07) is -0.953. The van der Waals surface area contributed by atoms with Crippen molar-refractivity contribution < 1.29 is 49.0 Å². The van der Waals surface area contributed by atoms with Gasteiger partial charge in [0.05, 0.1) is 0 Å². The van der Waals surface area contributed by atoms with E-state index in [0.717, 1.165) is 0 Å². The minimum atomic E-state index is -6.65. The minimum Gasteiger partial charge on any atom is -0.333 e. The molecule has 1 rings (SSSR count). The molecule has 0 aliphatic carbocycles. The van der Waals surface area contributed by atoms with Crippen molar-refractivity contribution in [2.75, 3.05) is 0 Å². The Kier molecular flexibility index (Phi) is 3.72. The maximum Gasteiger partial charge on any atom is 0.435 e. The second-order valence-electron chi connectivity index (χ2n) is 3.55. The third-order valence-corrected chi connectivity index (χ3v) is 2.28. The zero-order valence-corrected chi connectivity index (χ0v) is 8.80. The van der Waals surface area contributed by atoms with Gasteiger partial charge in [0.1, 0.15) is 0 Å². The first-order chi connectivity index (χ1) is 8.75. The van der Waals surface area contributed by atoms with E-state index in [1.807, 2.05) is 0 Å². The summed E-state index contributed by atoms with van der Waals surface area (Å²) in [5.74, 6) is -11.2. The van der Waals surface area contributed by atoms with E-state index >= 15 is 0 Å². The van der Waals surface area contributed by atoms with Gasteiger partial charge >= 0.3 is 18.0 Å². The molecule has 1 nitrogen and oxygen atoms in total. The van der Waals surface area contributed by atoms with Crippen LogP contribution in [0, 0.1) is 23.3 Å². The highest BCUT2D eigenvalue weighted by Gasteiger charge is 2.73. The highest BCUT2D eigenvalue weighted by atomic mass is 19.4. The topological polar surface area (TPSA) is 20.2 Å². The second-order valence-corrected chi connectivity index (χ2v) is 3.55. The summed E-state index contributed by atoms with van der Waals surface area (Å²) in [4.78, 5) is 0. The largest absolute Gasteiger partial charge is 0.435 e. The van der Waals surface area contributed by atoms with Gasteiger partial charge in [0, 0.05) is 5.56 Å². The van der Waals surface area contributed by atoms with E-state index < -0.39 is 52.9 Å². The molecule has 0 aromatic heterocycles. The van der Waals surface area contributed by atoms with Crippen LogP contribution < -0.4 is 0 Å². The molecule has 0 fully saturated rings. The standard InChI is InChI=1S/C9H2F10O/c10-3-1-2(4(11)6(13)5(3)12)7(14,8(15,16)17)9(18,19)20/h1,20H. The van der Waals surface area contributed by atoms with Crippen LogP contribution in [0.2, 0.25) is 0 Å². The first-order valence-electron chi connectivity index (χ1n) is 4.44. The third kappa shape index (κ3) is 2.19. The number of benzene rings is 1. The van der Waals surface area contributed by atoms with Gasteiger partial charge in [-0.15, -0.1) is 0 Å². The molecule has 1 N–H and O–H groups in total. The fourth-order valence-electron chi connectivity index (χ4n) is 1.31. The zero-order valence-electron chi connectivity index (χ0n) is 8.80. The Morgan fingerprint density at radius 2 is 1.20 bits per heavy atom. The molecule has 0 bridgehead atoms. The van der Waals surface area contributed by atoms with Gasteiger partial charge in [0.15, 0.2) is 23.3 Å². The van der Waals surface area contributed by atoms with Crippen LogP contribution in [0.4, 0.5) is 43.9 Å². The van der Waals surface area contributed by atoms with Crippen molar-refractivity contribution in [1.29, 1.82) is 0 Å². The molecule has 0 spiro atoms.